The van der Waals surface area contributed by atoms with Gasteiger partial charge in [-0.3, -0.25) is 9.10 Å². The quantitative estimate of drug-likeness (QED) is 0.718. The number of carbonyl (C=O) groups excluding carboxylic acids is 2. The lowest BCUT2D eigenvalue weighted by molar-refractivity contribution is -0.116. The maximum absolute atomic E-state index is 12.8. The average Bonchev–Trinajstić information content (AvgIpc) is 2.63. The second-order valence-electron chi connectivity index (χ2n) is 6.19. The van der Waals surface area contributed by atoms with Crippen LogP contribution in [0.15, 0.2) is 42.5 Å². The van der Waals surface area contributed by atoms with E-state index in [1.165, 1.54) is 32.2 Å². The predicted molar refractivity (Wildman–Crippen MR) is 109 cm³/mol. The third-order valence-electron chi connectivity index (χ3n) is 4.09. The van der Waals surface area contributed by atoms with E-state index >= 15 is 0 Å². The highest BCUT2D eigenvalue weighted by Gasteiger charge is 2.31. The topological polar surface area (TPSA) is 92.8 Å². The second-order valence-corrected chi connectivity index (χ2v) is 8.49. The van der Waals surface area contributed by atoms with Gasteiger partial charge in [-0.05, 0) is 43.7 Å². The van der Waals surface area contributed by atoms with Gasteiger partial charge in [0, 0.05) is 5.02 Å². The number of sulfonamides is 1. The minimum atomic E-state index is -3.80. The first-order valence-corrected chi connectivity index (χ1v) is 10.5. The van der Waals surface area contributed by atoms with E-state index in [9.17, 15) is 18.0 Å². The van der Waals surface area contributed by atoms with Crippen molar-refractivity contribution in [3.8, 4) is 0 Å². The van der Waals surface area contributed by atoms with E-state index in [-0.39, 0.29) is 11.3 Å². The number of hydrogen-bond acceptors (Lipinski definition) is 5. The van der Waals surface area contributed by atoms with Crippen molar-refractivity contribution < 1.29 is 22.7 Å². The molecular weight excluding hydrogens is 404 g/mol. The van der Waals surface area contributed by atoms with Crippen LogP contribution in [0.2, 0.25) is 5.02 Å². The highest BCUT2D eigenvalue weighted by atomic mass is 35.5. The summed E-state index contributed by atoms with van der Waals surface area (Å²) in [7, 11) is -2.57. The highest BCUT2D eigenvalue weighted by molar-refractivity contribution is 7.92. The van der Waals surface area contributed by atoms with Crippen LogP contribution in [0.3, 0.4) is 0 Å². The molecular formula is C19H21ClN2O5S. The Balaban J connectivity index is 2.41. The molecule has 7 nitrogen and oxygen atoms in total. The summed E-state index contributed by atoms with van der Waals surface area (Å²) >= 11 is 6.02. The van der Waals surface area contributed by atoms with Crippen molar-refractivity contribution in [1.82, 2.24) is 0 Å². The van der Waals surface area contributed by atoms with E-state index in [1.54, 1.807) is 31.2 Å². The van der Waals surface area contributed by atoms with E-state index in [1.807, 2.05) is 0 Å². The summed E-state index contributed by atoms with van der Waals surface area (Å²) in [6.45, 7) is 3.18. The standard InChI is InChI=1S/C19H21ClN2O5S/c1-12-9-10-14(20)11-17(12)22(28(4,25)26)13(2)18(23)21-16-8-6-5-7-15(16)19(24)27-3/h5-11,13H,1-4H3,(H,21,23)/t13-/m0/s1. The molecule has 0 saturated heterocycles. The molecule has 0 radical (unpaired) electrons. The third-order valence-corrected chi connectivity index (χ3v) is 5.55. The Labute approximate surface area is 169 Å². The number of nitrogens with one attached hydrogen (secondary N) is 1. The van der Waals surface area contributed by atoms with Crippen LogP contribution in [0.4, 0.5) is 11.4 Å². The molecule has 1 amide bonds. The minimum Gasteiger partial charge on any atom is -0.465 e. The van der Waals surface area contributed by atoms with E-state index in [0.29, 0.717) is 16.3 Å². The fourth-order valence-corrected chi connectivity index (χ4v) is 4.11. The predicted octanol–water partition coefficient (Wildman–Crippen LogP) is 3.23. The zero-order chi connectivity index (χ0) is 21.1. The van der Waals surface area contributed by atoms with Gasteiger partial charge in [0.2, 0.25) is 15.9 Å². The Morgan fingerprint density at radius 2 is 1.82 bits per heavy atom. The van der Waals surface area contributed by atoms with Crippen molar-refractivity contribution >= 4 is 44.9 Å². The van der Waals surface area contributed by atoms with Gasteiger partial charge < -0.3 is 10.1 Å². The molecule has 150 valence electrons. The van der Waals surface area contributed by atoms with E-state index < -0.39 is 27.9 Å². The van der Waals surface area contributed by atoms with Gasteiger partial charge in [0.15, 0.2) is 0 Å². The average molecular weight is 425 g/mol. The van der Waals surface area contributed by atoms with Crippen molar-refractivity contribution in [3.63, 3.8) is 0 Å². The van der Waals surface area contributed by atoms with Crippen LogP contribution in [0.25, 0.3) is 0 Å². The van der Waals surface area contributed by atoms with Crippen LogP contribution < -0.4 is 9.62 Å². The van der Waals surface area contributed by atoms with Gasteiger partial charge in [-0.25, -0.2) is 13.2 Å². The van der Waals surface area contributed by atoms with Gasteiger partial charge in [0.05, 0.1) is 30.3 Å². The SMILES string of the molecule is COC(=O)c1ccccc1NC(=O)[C@H](C)N(c1cc(Cl)ccc1C)S(C)(=O)=O. The van der Waals surface area contributed by atoms with Crippen molar-refractivity contribution in [2.45, 2.75) is 19.9 Å². The number of hydrogen-bond donors (Lipinski definition) is 1. The number of halogens is 1. The van der Waals surface area contributed by atoms with Crippen molar-refractivity contribution in [2.75, 3.05) is 23.0 Å². The zero-order valence-electron chi connectivity index (χ0n) is 15.9. The van der Waals surface area contributed by atoms with E-state index in [0.717, 1.165) is 10.6 Å². The largest absolute Gasteiger partial charge is 0.465 e. The van der Waals surface area contributed by atoms with Crippen molar-refractivity contribution in [3.05, 3.63) is 58.6 Å². The van der Waals surface area contributed by atoms with Crippen LogP contribution in [-0.2, 0) is 19.6 Å². The number of esters is 1. The third kappa shape index (κ3) is 4.82. The van der Waals surface area contributed by atoms with Crippen LogP contribution in [-0.4, -0.2) is 39.7 Å². The summed E-state index contributed by atoms with van der Waals surface area (Å²) in [5.41, 5.74) is 1.33. The van der Waals surface area contributed by atoms with Crippen LogP contribution in [0.5, 0.6) is 0 Å². The summed E-state index contributed by atoms with van der Waals surface area (Å²) in [4.78, 5) is 24.7. The van der Waals surface area contributed by atoms with Gasteiger partial charge in [0.1, 0.15) is 6.04 Å². The summed E-state index contributed by atoms with van der Waals surface area (Å²) in [5, 5.41) is 2.95. The molecule has 9 heteroatoms. The van der Waals surface area contributed by atoms with Gasteiger partial charge in [0.25, 0.3) is 0 Å². The monoisotopic (exact) mass is 424 g/mol. The number of carbonyl (C=O) groups is 2. The van der Waals surface area contributed by atoms with Crippen molar-refractivity contribution in [2.24, 2.45) is 0 Å². The molecule has 28 heavy (non-hydrogen) atoms. The first kappa shape index (κ1) is 21.7. The molecule has 2 aromatic carbocycles. The molecule has 2 rings (SSSR count). The fraction of sp³-hybridized carbons (Fsp3) is 0.263. The number of ether oxygens (including phenoxy) is 1. The molecule has 0 aliphatic heterocycles. The molecule has 0 fully saturated rings. The number of nitrogens with zero attached hydrogens (tertiary/aromatic N) is 1. The second kappa shape index (κ2) is 8.62. The molecule has 2 aromatic rings. The molecule has 0 heterocycles. The van der Waals surface area contributed by atoms with Gasteiger partial charge in [-0.1, -0.05) is 29.8 Å². The summed E-state index contributed by atoms with van der Waals surface area (Å²) in [6, 6.07) is 10.0. The van der Waals surface area contributed by atoms with E-state index in [2.05, 4.69) is 5.32 Å². The molecule has 0 aromatic heterocycles. The van der Waals surface area contributed by atoms with Crippen molar-refractivity contribution in [1.29, 1.82) is 0 Å². The van der Waals surface area contributed by atoms with Crippen LogP contribution in [0.1, 0.15) is 22.8 Å². The number of aryl methyl sites for hydroxylation is 1. The van der Waals surface area contributed by atoms with Gasteiger partial charge >= 0.3 is 5.97 Å². The Bertz CT molecular complexity index is 1010. The molecule has 0 spiro atoms. The Hall–Kier alpha value is -2.58. The number of rotatable bonds is 6. The van der Waals surface area contributed by atoms with Crippen LogP contribution in [0, 0.1) is 6.92 Å². The Morgan fingerprint density at radius 1 is 1.18 bits per heavy atom. The number of anilines is 2. The maximum atomic E-state index is 12.8. The number of methoxy groups -OCH3 is 1. The summed E-state index contributed by atoms with van der Waals surface area (Å²) in [5.74, 6) is -1.23. The van der Waals surface area contributed by atoms with E-state index in [4.69, 9.17) is 16.3 Å². The molecule has 0 aliphatic carbocycles. The molecule has 0 aliphatic rings. The Morgan fingerprint density at radius 3 is 2.43 bits per heavy atom. The normalized spacial score (nSPS) is 12.2. The maximum Gasteiger partial charge on any atom is 0.339 e. The lowest BCUT2D eigenvalue weighted by atomic mass is 10.1. The van der Waals surface area contributed by atoms with Gasteiger partial charge in [-0.2, -0.15) is 0 Å². The first-order valence-electron chi connectivity index (χ1n) is 8.30. The minimum absolute atomic E-state index is 0.162. The number of amides is 1. The Kier molecular flexibility index (Phi) is 6.69. The smallest absolute Gasteiger partial charge is 0.339 e. The number of para-hydroxylation sites is 1. The lowest BCUT2D eigenvalue weighted by Crippen LogP contribution is -2.45. The molecule has 0 bridgehead atoms. The molecule has 0 unspecified atom stereocenters. The summed E-state index contributed by atoms with van der Waals surface area (Å²) in [6.07, 6.45) is 1.01. The van der Waals surface area contributed by atoms with Crippen LogP contribution >= 0.6 is 11.6 Å². The van der Waals surface area contributed by atoms with Gasteiger partial charge in [-0.15, -0.1) is 0 Å². The fourth-order valence-electron chi connectivity index (χ4n) is 2.72. The highest BCUT2D eigenvalue weighted by Crippen LogP contribution is 2.29. The molecule has 0 saturated carbocycles. The summed E-state index contributed by atoms with van der Waals surface area (Å²) < 4.78 is 30.6. The molecule has 1 atom stereocenters. The lowest BCUT2D eigenvalue weighted by Gasteiger charge is -2.29. The number of benzene rings is 2. The molecule has 1 N–H and O–H groups in total. The first-order chi connectivity index (χ1) is 13.1. The zero-order valence-corrected chi connectivity index (χ0v) is 17.5.